The van der Waals surface area contributed by atoms with E-state index in [-0.39, 0.29) is 5.41 Å². The van der Waals surface area contributed by atoms with E-state index >= 15 is 0 Å². The van der Waals surface area contributed by atoms with Gasteiger partial charge in [0.05, 0.1) is 6.61 Å². The molecule has 0 heterocycles. The van der Waals surface area contributed by atoms with E-state index in [1.807, 2.05) is 0 Å². The summed E-state index contributed by atoms with van der Waals surface area (Å²) in [5.41, 5.74) is 1.23. The second-order valence-electron chi connectivity index (χ2n) is 9.99. The molecule has 1 aromatic rings. The van der Waals surface area contributed by atoms with Gasteiger partial charge in [0.25, 0.3) is 0 Å². The summed E-state index contributed by atoms with van der Waals surface area (Å²) in [5.74, 6) is 0. The van der Waals surface area contributed by atoms with Crippen LogP contribution in [0.3, 0.4) is 0 Å². The first-order chi connectivity index (χ1) is 15.1. The van der Waals surface area contributed by atoms with Crippen molar-refractivity contribution in [3.05, 3.63) is 35.9 Å². The van der Waals surface area contributed by atoms with Crippen molar-refractivity contribution in [2.45, 2.75) is 130 Å². The molecule has 0 aromatic heterocycles. The lowest BCUT2D eigenvalue weighted by Crippen LogP contribution is -2.27. The Bertz CT molecular complexity index is 537. The van der Waals surface area contributed by atoms with Crippen LogP contribution in [0.25, 0.3) is 0 Å². The topological polar surface area (TPSA) is 9.23 Å². The lowest BCUT2D eigenvalue weighted by Gasteiger charge is -2.25. The van der Waals surface area contributed by atoms with Crippen LogP contribution in [0, 0.1) is 5.41 Å². The Labute approximate surface area is 199 Å². The molecule has 178 valence electrons. The molecule has 0 saturated heterocycles. The molecule has 0 aliphatic heterocycles. The van der Waals surface area contributed by atoms with Gasteiger partial charge in [-0.2, -0.15) is 0 Å². The molecule has 0 radical (unpaired) electrons. The Morgan fingerprint density at radius 3 is 1.55 bits per heavy atom. The van der Waals surface area contributed by atoms with E-state index in [0.29, 0.717) is 0 Å². The molecule has 0 saturated carbocycles. The monoisotopic (exact) mass is 446 g/mol. The number of hydrogen-bond donors (Lipinski definition) is 0. The third-order valence-electron chi connectivity index (χ3n) is 6.27. The van der Waals surface area contributed by atoms with E-state index in [0.717, 1.165) is 24.5 Å². The quantitative estimate of drug-likeness (QED) is 0.145. The van der Waals surface area contributed by atoms with E-state index in [1.165, 1.54) is 102 Å². The Balaban J connectivity index is 1.87. The fourth-order valence-corrected chi connectivity index (χ4v) is 4.34. The molecule has 0 fully saturated rings. The van der Waals surface area contributed by atoms with E-state index in [9.17, 15) is 0 Å². The zero-order chi connectivity index (χ0) is 22.6. The highest BCUT2D eigenvalue weighted by Gasteiger charge is 2.25. The molecule has 1 rings (SSSR count). The average molecular weight is 447 g/mol. The molecule has 31 heavy (non-hydrogen) atoms. The highest BCUT2D eigenvalue weighted by molar-refractivity contribution is 7.80. The second-order valence-corrected chi connectivity index (χ2v) is 10.4. The van der Waals surface area contributed by atoms with Crippen LogP contribution in [0.1, 0.15) is 129 Å². The van der Waals surface area contributed by atoms with Gasteiger partial charge in [-0.25, -0.2) is 0 Å². The zero-order valence-electron chi connectivity index (χ0n) is 20.9. The van der Waals surface area contributed by atoms with Crippen LogP contribution >= 0.6 is 12.2 Å². The van der Waals surface area contributed by atoms with E-state index in [2.05, 4.69) is 51.1 Å². The van der Waals surface area contributed by atoms with Gasteiger partial charge in [0, 0.05) is 5.41 Å². The Kier molecular flexibility index (Phi) is 16.9. The molecule has 0 aliphatic carbocycles. The van der Waals surface area contributed by atoms with Crippen molar-refractivity contribution < 1.29 is 4.74 Å². The first-order valence-corrected chi connectivity index (χ1v) is 13.7. The van der Waals surface area contributed by atoms with Crippen molar-refractivity contribution in [1.82, 2.24) is 0 Å². The molecule has 0 amide bonds. The predicted octanol–water partition coefficient (Wildman–Crippen LogP) is 9.86. The molecule has 0 unspecified atom stereocenters. The molecule has 0 aliphatic rings. The summed E-state index contributed by atoms with van der Waals surface area (Å²) in [6.45, 7) is 7.45. The molecule has 0 spiro atoms. The Hall–Kier alpha value is -0.890. The minimum Gasteiger partial charge on any atom is -0.486 e. The largest absolute Gasteiger partial charge is 0.486 e. The maximum atomic E-state index is 5.93. The van der Waals surface area contributed by atoms with Crippen LogP contribution < -0.4 is 0 Å². The van der Waals surface area contributed by atoms with Crippen LogP contribution in [0.4, 0.5) is 0 Å². The fourth-order valence-electron chi connectivity index (χ4n) is 4.19. The van der Waals surface area contributed by atoms with Gasteiger partial charge < -0.3 is 4.74 Å². The van der Waals surface area contributed by atoms with Crippen LogP contribution in [0.15, 0.2) is 30.3 Å². The number of hydrogen-bond acceptors (Lipinski definition) is 2. The van der Waals surface area contributed by atoms with E-state index in [4.69, 9.17) is 17.0 Å². The summed E-state index contributed by atoms with van der Waals surface area (Å²) in [5, 5.41) is 0.761. The number of thiocarbonyl (C=S) groups is 1. The summed E-state index contributed by atoms with van der Waals surface area (Å²) in [7, 11) is 0. The summed E-state index contributed by atoms with van der Waals surface area (Å²) in [6.07, 6.45) is 23.2. The highest BCUT2D eigenvalue weighted by atomic mass is 32.1. The SMILES string of the molecule is CCCCCCCCCCCCCCCCCCOC(=S)C(C)(C)Cc1ccccc1. The first kappa shape index (κ1) is 28.1. The maximum Gasteiger partial charge on any atom is 0.165 e. The number of benzene rings is 1. The molecule has 2 heteroatoms. The van der Waals surface area contributed by atoms with Gasteiger partial charge in [0.2, 0.25) is 0 Å². The Morgan fingerprint density at radius 2 is 1.10 bits per heavy atom. The summed E-state index contributed by atoms with van der Waals surface area (Å²) >= 11 is 5.58. The standard InChI is InChI=1S/C29H50OS/c1-4-5-6-7-8-9-10-11-12-13-14-15-16-17-18-22-25-30-28(31)29(2,3)26-27-23-20-19-21-24-27/h19-21,23-24H,4-18,22,25-26H2,1-3H3. The van der Waals surface area contributed by atoms with Crippen molar-refractivity contribution in [3.8, 4) is 0 Å². The van der Waals surface area contributed by atoms with Crippen LogP contribution in [-0.2, 0) is 11.2 Å². The third-order valence-corrected chi connectivity index (χ3v) is 6.94. The predicted molar refractivity (Wildman–Crippen MR) is 142 cm³/mol. The molecular weight excluding hydrogens is 396 g/mol. The van der Waals surface area contributed by atoms with Crippen molar-refractivity contribution >= 4 is 17.3 Å². The summed E-state index contributed by atoms with van der Waals surface area (Å²) in [6, 6.07) is 10.6. The average Bonchev–Trinajstić information content (AvgIpc) is 2.76. The van der Waals surface area contributed by atoms with Gasteiger partial charge >= 0.3 is 0 Å². The van der Waals surface area contributed by atoms with Crippen molar-refractivity contribution in [2.24, 2.45) is 5.41 Å². The van der Waals surface area contributed by atoms with Crippen LogP contribution in [-0.4, -0.2) is 11.7 Å². The van der Waals surface area contributed by atoms with Crippen molar-refractivity contribution in [2.75, 3.05) is 6.61 Å². The van der Waals surface area contributed by atoms with E-state index < -0.39 is 0 Å². The third kappa shape index (κ3) is 15.5. The van der Waals surface area contributed by atoms with Gasteiger partial charge in [0.1, 0.15) is 0 Å². The van der Waals surface area contributed by atoms with Gasteiger partial charge in [-0.1, -0.05) is 147 Å². The first-order valence-electron chi connectivity index (χ1n) is 13.3. The van der Waals surface area contributed by atoms with Gasteiger partial charge in [-0.05, 0) is 30.6 Å². The van der Waals surface area contributed by atoms with Crippen LogP contribution in [0.5, 0.6) is 0 Å². The molecule has 0 bridgehead atoms. The summed E-state index contributed by atoms with van der Waals surface area (Å²) < 4.78 is 5.93. The van der Waals surface area contributed by atoms with Gasteiger partial charge in [-0.3, -0.25) is 0 Å². The number of rotatable bonds is 20. The number of unbranched alkanes of at least 4 members (excludes halogenated alkanes) is 15. The van der Waals surface area contributed by atoms with Crippen molar-refractivity contribution in [3.63, 3.8) is 0 Å². The molecule has 1 nitrogen and oxygen atoms in total. The molecule has 0 N–H and O–H groups in total. The lowest BCUT2D eigenvalue weighted by molar-refractivity contribution is 0.257. The highest BCUT2D eigenvalue weighted by Crippen LogP contribution is 2.25. The minimum absolute atomic E-state index is 0.0915. The zero-order valence-corrected chi connectivity index (χ0v) is 21.7. The fraction of sp³-hybridized carbons (Fsp3) is 0.759. The van der Waals surface area contributed by atoms with Gasteiger partial charge in [-0.15, -0.1) is 0 Å². The normalized spacial score (nSPS) is 11.6. The summed E-state index contributed by atoms with van der Waals surface area (Å²) in [4.78, 5) is 0. The Morgan fingerprint density at radius 1 is 0.677 bits per heavy atom. The van der Waals surface area contributed by atoms with Crippen molar-refractivity contribution in [1.29, 1.82) is 0 Å². The van der Waals surface area contributed by atoms with Gasteiger partial charge in [0.15, 0.2) is 5.05 Å². The molecule has 0 atom stereocenters. The van der Waals surface area contributed by atoms with Crippen LogP contribution in [0.2, 0.25) is 0 Å². The number of ether oxygens (including phenoxy) is 1. The lowest BCUT2D eigenvalue weighted by atomic mass is 9.86. The maximum absolute atomic E-state index is 5.93. The molecular formula is C29H50OS. The second kappa shape index (κ2) is 18.7. The minimum atomic E-state index is -0.0915. The smallest absolute Gasteiger partial charge is 0.165 e. The van der Waals surface area contributed by atoms with E-state index in [1.54, 1.807) is 0 Å². The molecule has 1 aromatic carbocycles.